The third-order valence-electron chi connectivity index (χ3n) is 3.34. The molecule has 2 nitrogen and oxygen atoms in total. The smallest absolute Gasteiger partial charge is 0.169 e. The molecule has 0 aliphatic carbocycles. The maximum absolute atomic E-state index is 6.00. The van der Waals surface area contributed by atoms with Crippen LogP contribution in [0.1, 0.15) is 25.0 Å². The number of benzene rings is 2. The van der Waals surface area contributed by atoms with E-state index >= 15 is 0 Å². The largest absolute Gasteiger partial charge is 0.483 e. The zero-order chi connectivity index (χ0) is 14.2. The van der Waals surface area contributed by atoms with Gasteiger partial charge in [0.05, 0.1) is 0 Å². The van der Waals surface area contributed by atoms with Gasteiger partial charge in [-0.1, -0.05) is 24.3 Å². The number of alkyl halides is 1. The predicted molar refractivity (Wildman–Crippen MR) is 80.9 cm³/mol. The van der Waals surface area contributed by atoms with Crippen LogP contribution in [-0.2, 0) is 12.3 Å². The SMILES string of the molecule is CC1(C)Cc2cccc(Oc3cccc(CCl)c3)c2O1. The average Bonchev–Trinajstić information content (AvgIpc) is 2.74. The fourth-order valence-corrected chi connectivity index (χ4v) is 2.65. The first kappa shape index (κ1) is 13.3. The van der Waals surface area contributed by atoms with Crippen molar-refractivity contribution in [2.24, 2.45) is 0 Å². The Morgan fingerprint density at radius 1 is 1.20 bits per heavy atom. The fraction of sp³-hybridized carbons (Fsp3) is 0.294. The van der Waals surface area contributed by atoms with Crippen LogP contribution in [0.15, 0.2) is 42.5 Å². The molecular formula is C17H17ClO2. The van der Waals surface area contributed by atoms with E-state index in [1.54, 1.807) is 0 Å². The van der Waals surface area contributed by atoms with E-state index in [9.17, 15) is 0 Å². The van der Waals surface area contributed by atoms with Crippen molar-refractivity contribution in [1.29, 1.82) is 0 Å². The number of halogens is 1. The quantitative estimate of drug-likeness (QED) is 0.746. The number of hydrogen-bond acceptors (Lipinski definition) is 2. The molecule has 2 aromatic rings. The molecule has 3 heteroatoms. The van der Waals surface area contributed by atoms with Crippen molar-refractivity contribution in [1.82, 2.24) is 0 Å². The van der Waals surface area contributed by atoms with Gasteiger partial charge in [-0.3, -0.25) is 0 Å². The summed E-state index contributed by atoms with van der Waals surface area (Å²) in [5, 5.41) is 0. The molecule has 104 valence electrons. The van der Waals surface area contributed by atoms with E-state index in [4.69, 9.17) is 21.1 Å². The summed E-state index contributed by atoms with van der Waals surface area (Å²) in [6.45, 7) is 4.18. The predicted octanol–water partition coefficient (Wildman–Crippen LogP) is 4.93. The Hall–Kier alpha value is -1.67. The molecule has 0 radical (unpaired) electrons. The van der Waals surface area contributed by atoms with Crippen molar-refractivity contribution in [2.45, 2.75) is 31.7 Å². The average molecular weight is 289 g/mol. The molecular weight excluding hydrogens is 272 g/mol. The Kier molecular flexibility index (Phi) is 3.35. The highest BCUT2D eigenvalue weighted by molar-refractivity contribution is 6.17. The minimum Gasteiger partial charge on any atom is -0.483 e. The molecule has 1 aliphatic heterocycles. The first-order chi connectivity index (χ1) is 9.57. The Balaban J connectivity index is 1.91. The maximum atomic E-state index is 6.00. The summed E-state index contributed by atoms with van der Waals surface area (Å²) >= 11 is 5.85. The molecule has 2 aromatic carbocycles. The van der Waals surface area contributed by atoms with Gasteiger partial charge in [0.2, 0.25) is 0 Å². The van der Waals surface area contributed by atoms with Gasteiger partial charge in [0.1, 0.15) is 11.4 Å². The Bertz CT molecular complexity index is 635. The van der Waals surface area contributed by atoms with Gasteiger partial charge in [-0.05, 0) is 37.6 Å². The molecule has 0 atom stereocenters. The van der Waals surface area contributed by atoms with E-state index < -0.39 is 0 Å². The molecule has 0 spiro atoms. The molecule has 0 saturated heterocycles. The number of fused-ring (bicyclic) bond motifs is 1. The van der Waals surface area contributed by atoms with Gasteiger partial charge in [0.15, 0.2) is 11.5 Å². The van der Waals surface area contributed by atoms with Crippen molar-refractivity contribution in [3.05, 3.63) is 53.6 Å². The maximum Gasteiger partial charge on any atom is 0.169 e. The second-order valence-electron chi connectivity index (χ2n) is 5.67. The summed E-state index contributed by atoms with van der Waals surface area (Å²) in [5.74, 6) is 2.88. The lowest BCUT2D eigenvalue weighted by atomic mass is 10.0. The summed E-state index contributed by atoms with van der Waals surface area (Å²) in [5.41, 5.74) is 2.07. The summed E-state index contributed by atoms with van der Waals surface area (Å²) in [6, 6.07) is 13.8. The van der Waals surface area contributed by atoms with Gasteiger partial charge in [0.25, 0.3) is 0 Å². The first-order valence-corrected chi connectivity index (χ1v) is 7.24. The van der Waals surface area contributed by atoms with Gasteiger partial charge in [-0.2, -0.15) is 0 Å². The summed E-state index contributed by atoms with van der Waals surface area (Å²) in [6.07, 6.45) is 0.904. The van der Waals surface area contributed by atoms with Crippen LogP contribution in [0.25, 0.3) is 0 Å². The first-order valence-electron chi connectivity index (χ1n) is 6.71. The summed E-state index contributed by atoms with van der Waals surface area (Å²) in [7, 11) is 0. The van der Waals surface area contributed by atoms with E-state index in [1.165, 1.54) is 5.56 Å². The molecule has 20 heavy (non-hydrogen) atoms. The van der Waals surface area contributed by atoms with Gasteiger partial charge < -0.3 is 9.47 Å². The molecule has 0 amide bonds. The second kappa shape index (κ2) is 5.02. The third kappa shape index (κ3) is 2.61. The normalized spacial score (nSPS) is 15.6. The summed E-state index contributed by atoms with van der Waals surface area (Å²) in [4.78, 5) is 0. The van der Waals surface area contributed by atoms with Crippen LogP contribution in [-0.4, -0.2) is 5.60 Å². The van der Waals surface area contributed by atoms with Crippen LogP contribution in [0.2, 0.25) is 0 Å². The number of para-hydroxylation sites is 1. The van der Waals surface area contributed by atoms with Crippen molar-refractivity contribution < 1.29 is 9.47 Å². The molecule has 0 aromatic heterocycles. The molecule has 1 aliphatic rings. The van der Waals surface area contributed by atoms with Crippen LogP contribution in [0.3, 0.4) is 0 Å². The molecule has 0 bridgehead atoms. The van der Waals surface area contributed by atoms with Crippen molar-refractivity contribution in [2.75, 3.05) is 0 Å². The zero-order valence-corrected chi connectivity index (χ0v) is 12.4. The van der Waals surface area contributed by atoms with E-state index in [-0.39, 0.29) is 5.60 Å². The summed E-state index contributed by atoms with van der Waals surface area (Å²) < 4.78 is 12.0. The molecule has 0 saturated carbocycles. The minimum atomic E-state index is -0.167. The van der Waals surface area contributed by atoms with Crippen LogP contribution >= 0.6 is 11.6 Å². The van der Waals surface area contributed by atoms with E-state index in [2.05, 4.69) is 19.9 Å². The molecule has 0 N–H and O–H groups in total. The van der Waals surface area contributed by atoms with Gasteiger partial charge in [0, 0.05) is 17.9 Å². The van der Waals surface area contributed by atoms with Crippen molar-refractivity contribution >= 4 is 11.6 Å². The van der Waals surface area contributed by atoms with Crippen molar-refractivity contribution in [3.8, 4) is 17.2 Å². The minimum absolute atomic E-state index is 0.167. The number of ether oxygens (including phenoxy) is 2. The number of hydrogen-bond donors (Lipinski definition) is 0. The standard InChI is InChI=1S/C17H17ClO2/c1-17(2)10-13-6-4-8-15(16(13)20-17)19-14-7-3-5-12(9-14)11-18/h3-9H,10-11H2,1-2H3. The van der Waals surface area contributed by atoms with Crippen LogP contribution in [0.5, 0.6) is 17.2 Å². The Morgan fingerprint density at radius 2 is 2.00 bits per heavy atom. The molecule has 1 heterocycles. The Labute approximate surface area is 124 Å². The van der Waals surface area contributed by atoms with Gasteiger partial charge in [-0.25, -0.2) is 0 Å². The second-order valence-corrected chi connectivity index (χ2v) is 5.93. The zero-order valence-electron chi connectivity index (χ0n) is 11.7. The Morgan fingerprint density at radius 3 is 2.80 bits per heavy atom. The van der Waals surface area contributed by atoms with E-state index in [0.717, 1.165) is 29.2 Å². The third-order valence-corrected chi connectivity index (χ3v) is 3.64. The topological polar surface area (TPSA) is 18.5 Å². The van der Waals surface area contributed by atoms with Crippen LogP contribution < -0.4 is 9.47 Å². The lowest BCUT2D eigenvalue weighted by molar-refractivity contribution is 0.135. The van der Waals surface area contributed by atoms with Gasteiger partial charge >= 0.3 is 0 Å². The molecule has 0 fully saturated rings. The van der Waals surface area contributed by atoms with Gasteiger partial charge in [-0.15, -0.1) is 11.6 Å². The number of rotatable bonds is 3. The van der Waals surface area contributed by atoms with E-state index in [0.29, 0.717) is 5.88 Å². The highest BCUT2D eigenvalue weighted by Gasteiger charge is 2.32. The lowest BCUT2D eigenvalue weighted by Crippen LogP contribution is -2.24. The lowest BCUT2D eigenvalue weighted by Gasteiger charge is -2.18. The fourth-order valence-electron chi connectivity index (χ4n) is 2.49. The molecule has 3 rings (SSSR count). The monoisotopic (exact) mass is 288 g/mol. The highest BCUT2D eigenvalue weighted by Crippen LogP contribution is 2.43. The highest BCUT2D eigenvalue weighted by atomic mass is 35.5. The molecule has 0 unspecified atom stereocenters. The van der Waals surface area contributed by atoms with Crippen LogP contribution in [0.4, 0.5) is 0 Å². The van der Waals surface area contributed by atoms with Crippen molar-refractivity contribution in [3.63, 3.8) is 0 Å². The van der Waals surface area contributed by atoms with Crippen LogP contribution in [0, 0.1) is 0 Å². The van der Waals surface area contributed by atoms with E-state index in [1.807, 2.05) is 36.4 Å².